The summed E-state index contributed by atoms with van der Waals surface area (Å²) in [4.78, 5) is 32.7. The zero-order valence-corrected chi connectivity index (χ0v) is 16.5. The van der Waals surface area contributed by atoms with E-state index >= 15 is 0 Å². The van der Waals surface area contributed by atoms with Gasteiger partial charge in [0.25, 0.3) is 5.91 Å². The Bertz CT molecular complexity index is 465. The molecule has 0 unspecified atom stereocenters. The van der Waals surface area contributed by atoms with Gasteiger partial charge in [-0.25, -0.2) is 0 Å². The minimum Gasteiger partial charge on any atom is -0.454 e. The summed E-state index contributed by atoms with van der Waals surface area (Å²) in [6, 6.07) is 0.618. The van der Waals surface area contributed by atoms with Crippen LogP contribution in [0.2, 0.25) is 0 Å². The van der Waals surface area contributed by atoms with E-state index in [0.29, 0.717) is 6.04 Å². The molecule has 2 rings (SSSR count). The lowest BCUT2D eigenvalue weighted by Gasteiger charge is -2.45. The highest BCUT2D eigenvalue weighted by molar-refractivity contribution is 5.84. The van der Waals surface area contributed by atoms with E-state index in [-0.39, 0.29) is 18.5 Å². The summed E-state index contributed by atoms with van der Waals surface area (Å²) in [7, 11) is 5.49. The Hall–Kier alpha value is -1.18. The molecule has 7 heteroatoms. The standard InChI is InChI=1S/C18H34N4O3/c1-18(2,17(24)25-14-16(23)19(3)4)22-8-6-15(7-9-22)21-12-10-20(5)11-13-21/h15H,6-14H2,1-5H3. The van der Waals surface area contributed by atoms with Crippen LogP contribution >= 0.6 is 0 Å². The number of likely N-dealkylation sites (N-methyl/N-ethyl adjacent to an activating group) is 2. The summed E-state index contributed by atoms with van der Waals surface area (Å²) in [6.07, 6.45) is 2.16. The first-order valence-corrected chi connectivity index (χ1v) is 9.27. The lowest BCUT2D eigenvalue weighted by Crippen LogP contribution is -2.58. The number of carbonyl (C=O) groups excluding carboxylic acids is 2. The van der Waals surface area contributed by atoms with Gasteiger partial charge >= 0.3 is 5.97 Å². The molecule has 1 amide bonds. The van der Waals surface area contributed by atoms with Crippen LogP contribution in [0.15, 0.2) is 0 Å². The highest BCUT2D eigenvalue weighted by atomic mass is 16.5. The summed E-state index contributed by atoms with van der Waals surface area (Å²) < 4.78 is 5.25. The molecule has 0 aromatic carbocycles. The highest BCUT2D eigenvalue weighted by Crippen LogP contribution is 2.25. The molecule has 25 heavy (non-hydrogen) atoms. The van der Waals surface area contributed by atoms with E-state index in [2.05, 4.69) is 21.7 Å². The van der Waals surface area contributed by atoms with Crippen LogP contribution in [0.5, 0.6) is 0 Å². The molecule has 144 valence electrons. The molecule has 2 aliphatic heterocycles. The first kappa shape index (κ1) is 20.1. The van der Waals surface area contributed by atoms with Crippen molar-refractivity contribution in [3.63, 3.8) is 0 Å². The average molecular weight is 354 g/mol. The Morgan fingerprint density at radius 2 is 1.60 bits per heavy atom. The molecule has 0 aliphatic carbocycles. The molecule has 0 atom stereocenters. The fourth-order valence-corrected chi connectivity index (χ4v) is 3.54. The van der Waals surface area contributed by atoms with Crippen LogP contribution in [-0.2, 0) is 14.3 Å². The smallest absolute Gasteiger partial charge is 0.326 e. The molecule has 0 N–H and O–H groups in total. The molecule has 2 heterocycles. The van der Waals surface area contributed by atoms with Crippen LogP contribution in [0.1, 0.15) is 26.7 Å². The van der Waals surface area contributed by atoms with E-state index in [1.807, 2.05) is 13.8 Å². The van der Waals surface area contributed by atoms with Crippen LogP contribution in [0.4, 0.5) is 0 Å². The molecule has 2 aliphatic rings. The largest absolute Gasteiger partial charge is 0.454 e. The Morgan fingerprint density at radius 3 is 2.12 bits per heavy atom. The van der Waals surface area contributed by atoms with Gasteiger partial charge in [-0.1, -0.05) is 0 Å². The fraction of sp³-hybridized carbons (Fsp3) is 0.889. The number of amides is 1. The van der Waals surface area contributed by atoms with Crippen molar-refractivity contribution in [2.75, 3.05) is 67.0 Å². The zero-order chi connectivity index (χ0) is 18.6. The average Bonchev–Trinajstić information content (AvgIpc) is 2.59. The van der Waals surface area contributed by atoms with Crippen molar-refractivity contribution in [3.8, 4) is 0 Å². The zero-order valence-electron chi connectivity index (χ0n) is 16.5. The van der Waals surface area contributed by atoms with E-state index in [1.54, 1.807) is 14.1 Å². The quantitative estimate of drug-likeness (QED) is 0.653. The molecule has 0 spiro atoms. The lowest BCUT2D eigenvalue weighted by atomic mass is 9.95. The third-order valence-corrected chi connectivity index (χ3v) is 5.63. The molecule has 0 saturated carbocycles. The number of hydrogen-bond acceptors (Lipinski definition) is 6. The second-order valence-electron chi connectivity index (χ2n) is 7.98. The number of piperazine rings is 1. The number of carbonyl (C=O) groups is 2. The molecule has 2 fully saturated rings. The third kappa shape index (κ3) is 5.15. The van der Waals surface area contributed by atoms with E-state index in [0.717, 1.165) is 52.1 Å². The van der Waals surface area contributed by atoms with Crippen molar-refractivity contribution < 1.29 is 14.3 Å². The topological polar surface area (TPSA) is 56.3 Å². The molecule has 0 bridgehead atoms. The maximum atomic E-state index is 12.5. The fourth-order valence-electron chi connectivity index (χ4n) is 3.54. The predicted octanol–water partition coefficient (Wildman–Crippen LogP) is 0.108. The predicted molar refractivity (Wildman–Crippen MR) is 97.4 cm³/mol. The molecule has 2 saturated heterocycles. The third-order valence-electron chi connectivity index (χ3n) is 5.63. The number of hydrogen-bond donors (Lipinski definition) is 0. The van der Waals surface area contributed by atoms with Crippen molar-refractivity contribution >= 4 is 11.9 Å². The Morgan fingerprint density at radius 1 is 1.04 bits per heavy atom. The SMILES string of the molecule is CN1CCN(C2CCN(C(C)(C)C(=O)OCC(=O)N(C)C)CC2)CC1. The number of nitrogens with zero attached hydrogens (tertiary/aromatic N) is 4. The molecule has 7 nitrogen and oxygen atoms in total. The van der Waals surface area contributed by atoms with Crippen molar-refractivity contribution in [2.45, 2.75) is 38.3 Å². The number of rotatable bonds is 5. The summed E-state index contributed by atoms with van der Waals surface area (Å²) in [5.74, 6) is -0.515. The van der Waals surface area contributed by atoms with E-state index < -0.39 is 5.54 Å². The van der Waals surface area contributed by atoms with Gasteiger partial charge in [-0.3, -0.25) is 19.4 Å². The maximum absolute atomic E-state index is 12.5. The summed E-state index contributed by atoms with van der Waals surface area (Å²) in [5.41, 5.74) is -0.695. The first-order chi connectivity index (χ1) is 11.7. The molecule has 0 aromatic rings. The number of ether oxygens (including phenoxy) is 1. The normalized spacial score (nSPS) is 22.0. The van der Waals surface area contributed by atoms with E-state index in [1.165, 1.54) is 4.90 Å². The van der Waals surface area contributed by atoms with Gasteiger partial charge in [0.05, 0.1) is 0 Å². The van der Waals surface area contributed by atoms with E-state index in [4.69, 9.17) is 4.74 Å². The number of piperidine rings is 1. The Labute approximate surface area is 151 Å². The van der Waals surface area contributed by atoms with Crippen LogP contribution in [-0.4, -0.2) is 110 Å². The van der Waals surface area contributed by atoms with Crippen LogP contribution in [0, 0.1) is 0 Å². The van der Waals surface area contributed by atoms with Gasteiger partial charge in [-0.15, -0.1) is 0 Å². The van der Waals surface area contributed by atoms with Gasteiger partial charge in [0.1, 0.15) is 5.54 Å². The monoisotopic (exact) mass is 354 g/mol. The van der Waals surface area contributed by atoms with Crippen molar-refractivity contribution in [2.24, 2.45) is 0 Å². The summed E-state index contributed by atoms with van der Waals surface area (Å²) in [6.45, 7) is 9.93. The maximum Gasteiger partial charge on any atom is 0.326 e. The first-order valence-electron chi connectivity index (χ1n) is 9.27. The molecule has 0 radical (unpaired) electrons. The van der Waals surface area contributed by atoms with Crippen molar-refractivity contribution in [1.29, 1.82) is 0 Å². The molecular weight excluding hydrogens is 320 g/mol. The van der Waals surface area contributed by atoms with Gasteiger partial charge < -0.3 is 14.5 Å². The summed E-state index contributed by atoms with van der Waals surface area (Å²) in [5, 5.41) is 0. The number of esters is 1. The lowest BCUT2D eigenvalue weighted by molar-refractivity contribution is -0.162. The second kappa shape index (κ2) is 8.47. The van der Waals surface area contributed by atoms with E-state index in [9.17, 15) is 9.59 Å². The van der Waals surface area contributed by atoms with Gasteiger partial charge in [-0.05, 0) is 33.7 Å². The Kier molecular flexibility index (Phi) is 6.82. The molecule has 0 aromatic heterocycles. The van der Waals surface area contributed by atoms with Crippen LogP contribution in [0.25, 0.3) is 0 Å². The van der Waals surface area contributed by atoms with Crippen LogP contribution < -0.4 is 0 Å². The van der Waals surface area contributed by atoms with Gasteiger partial charge in [-0.2, -0.15) is 0 Å². The molecular formula is C18H34N4O3. The van der Waals surface area contributed by atoms with Crippen molar-refractivity contribution in [1.82, 2.24) is 19.6 Å². The second-order valence-corrected chi connectivity index (χ2v) is 7.98. The summed E-state index contributed by atoms with van der Waals surface area (Å²) >= 11 is 0. The minimum atomic E-state index is -0.695. The van der Waals surface area contributed by atoms with Gasteiger partial charge in [0.15, 0.2) is 6.61 Å². The van der Waals surface area contributed by atoms with Gasteiger partial charge in [0, 0.05) is 59.4 Å². The van der Waals surface area contributed by atoms with Crippen LogP contribution in [0.3, 0.4) is 0 Å². The highest BCUT2D eigenvalue weighted by Gasteiger charge is 2.39. The minimum absolute atomic E-state index is 0.187. The Balaban J connectivity index is 1.81. The van der Waals surface area contributed by atoms with Gasteiger partial charge in [0.2, 0.25) is 0 Å². The van der Waals surface area contributed by atoms with Crippen molar-refractivity contribution in [3.05, 3.63) is 0 Å². The number of likely N-dealkylation sites (tertiary alicyclic amines) is 1.